The Balaban J connectivity index is 2.69. The summed E-state index contributed by atoms with van der Waals surface area (Å²) in [4.78, 5) is 0. The number of hydrogen-bond acceptors (Lipinski definition) is 2. The van der Waals surface area contributed by atoms with Crippen LogP contribution in [-0.2, 0) is 6.42 Å². The predicted molar refractivity (Wildman–Crippen MR) is 76.7 cm³/mol. The summed E-state index contributed by atoms with van der Waals surface area (Å²) in [7, 11) is 0. The molecular weight excluding hydrogens is 222 g/mol. The SMILES string of the molecule is Cc1ccc(OCC#CC(C)(C)C)c(CCN)c1. The third kappa shape index (κ3) is 5.25. The Kier molecular flexibility index (Phi) is 5.25. The van der Waals surface area contributed by atoms with Crippen LogP contribution in [0, 0.1) is 24.2 Å². The second-order valence-electron chi connectivity index (χ2n) is 5.49. The highest BCUT2D eigenvalue weighted by Gasteiger charge is 2.04. The highest BCUT2D eigenvalue weighted by atomic mass is 16.5. The summed E-state index contributed by atoms with van der Waals surface area (Å²) >= 11 is 0. The summed E-state index contributed by atoms with van der Waals surface area (Å²) in [5, 5.41) is 0. The Morgan fingerprint density at radius 2 is 2.00 bits per heavy atom. The Morgan fingerprint density at radius 3 is 2.61 bits per heavy atom. The molecule has 0 saturated carbocycles. The maximum atomic E-state index is 5.71. The van der Waals surface area contributed by atoms with Gasteiger partial charge in [-0.25, -0.2) is 0 Å². The van der Waals surface area contributed by atoms with Crippen LogP contribution in [0.4, 0.5) is 0 Å². The van der Waals surface area contributed by atoms with Crippen LogP contribution in [0.5, 0.6) is 5.75 Å². The minimum Gasteiger partial charge on any atom is -0.481 e. The highest BCUT2D eigenvalue weighted by molar-refractivity contribution is 5.37. The van der Waals surface area contributed by atoms with Gasteiger partial charge in [0.25, 0.3) is 0 Å². The Hall–Kier alpha value is -1.46. The first-order chi connectivity index (χ1) is 8.42. The summed E-state index contributed by atoms with van der Waals surface area (Å²) in [5.41, 5.74) is 8.02. The van der Waals surface area contributed by atoms with Gasteiger partial charge >= 0.3 is 0 Å². The van der Waals surface area contributed by atoms with E-state index in [1.165, 1.54) is 5.56 Å². The van der Waals surface area contributed by atoms with E-state index in [-0.39, 0.29) is 5.41 Å². The lowest BCUT2D eigenvalue weighted by Gasteiger charge is -2.10. The highest BCUT2D eigenvalue weighted by Crippen LogP contribution is 2.20. The van der Waals surface area contributed by atoms with E-state index in [4.69, 9.17) is 10.5 Å². The van der Waals surface area contributed by atoms with Gasteiger partial charge in [0.2, 0.25) is 0 Å². The van der Waals surface area contributed by atoms with Crippen LogP contribution in [0.2, 0.25) is 0 Å². The summed E-state index contributed by atoms with van der Waals surface area (Å²) in [6.07, 6.45) is 0.837. The summed E-state index contributed by atoms with van der Waals surface area (Å²) in [6, 6.07) is 6.17. The van der Waals surface area contributed by atoms with E-state index in [1.807, 2.05) is 12.1 Å². The first kappa shape index (κ1) is 14.6. The molecule has 0 radical (unpaired) electrons. The lowest BCUT2D eigenvalue weighted by molar-refractivity contribution is 0.365. The van der Waals surface area contributed by atoms with Crippen LogP contribution < -0.4 is 10.5 Å². The molecular formula is C16H23NO. The average Bonchev–Trinajstić information content (AvgIpc) is 2.26. The zero-order valence-corrected chi connectivity index (χ0v) is 11.8. The number of aryl methyl sites for hydroxylation is 1. The quantitative estimate of drug-likeness (QED) is 0.828. The van der Waals surface area contributed by atoms with Gasteiger partial charge in [0.05, 0.1) is 0 Å². The summed E-state index contributed by atoms with van der Waals surface area (Å²) in [6.45, 7) is 9.40. The largest absolute Gasteiger partial charge is 0.481 e. The molecule has 0 aromatic heterocycles. The zero-order valence-electron chi connectivity index (χ0n) is 11.8. The first-order valence-corrected chi connectivity index (χ1v) is 6.35. The molecule has 2 nitrogen and oxygen atoms in total. The van der Waals surface area contributed by atoms with Crippen molar-refractivity contribution in [2.45, 2.75) is 34.1 Å². The number of benzene rings is 1. The maximum absolute atomic E-state index is 5.71. The molecule has 98 valence electrons. The summed E-state index contributed by atoms with van der Waals surface area (Å²) in [5.74, 6) is 7.11. The van der Waals surface area contributed by atoms with Crippen molar-refractivity contribution in [1.82, 2.24) is 0 Å². The molecule has 2 N–H and O–H groups in total. The van der Waals surface area contributed by atoms with E-state index in [1.54, 1.807) is 0 Å². The van der Waals surface area contributed by atoms with Crippen molar-refractivity contribution < 1.29 is 4.74 Å². The van der Waals surface area contributed by atoms with E-state index in [0.29, 0.717) is 13.2 Å². The van der Waals surface area contributed by atoms with Crippen LogP contribution in [0.3, 0.4) is 0 Å². The molecule has 18 heavy (non-hydrogen) atoms. The lowest BCUT2D eigenvalue weighted by atomic mass is 9.98. The normalized spacial score (nSPS) is 10.7. The van der Waals surface area contributed by atoms with Crippen molar-refractivity contribution in [1.29, 1.82) is 0 Å². The molecule has 0 amide bonds. The van der Waals surface area contributed by atoms with Gasteiger partial charge in [0, 0.05) is 5.41 Å². The van der Waals surface area contributed by atoms with E-state index in [2.05, 4.69) is 45.6 Å². The molecule has 0 bridgehead atoms. The van der Waals surface area contributed by atoms with Crippen LogP contribution in [0.1, 0.15) is 31.9 Å². The van der Waals surface area contributed by atoms with E-state index < -0.39 is 0 Å². The fourth-order valence-corrected chi connectivity index (χ4v) is 1.62. The second-order valence-corrected chi connectivity index (χ2v) is 5.49. The minimum absolute atomic E-state index is 0.0245. The van der Waals surface area contributed by atoms with Gasteiger partial charge in [-0.3, -0.25) is 0 Å². The van der Waals surface area contributed by atoms with Crippen LogP contribution >= 0.6 is 0 Å². The van der Waals surface area contributed by atoms with E-state index in [0.717, 1.165) is 17.7 Å². The monoisotopic (exact) mass is 245 g/mol. The standard InChI is InChI=1S/C16H23NO/c1-13-6-7-15(14(12-13)8-10-17)18-11-5-9-16(2,3)4/h6-7,12H,8,10-11,17H2,1-4H3. The van der Waals surface area contributed by atoms with Crippen molar-refractivity contribution in [3.63, 3.8) is 0 Å². The second kappa shape index (κ2) is 6.47. The molecule has 1 aromatic rings. The van der Waals surface area contributed by atoms with Crippen molar-refractivity contribution in [2.75, 3.05) is 13.2 Å². The molecule has 0 aliphatic carbocycles. The fourth-order valence-electron chi connectivity index (χ4n) is 1.62. The third-order valence-corrected chi connectivity index (χ3v) is 2.39. The predicted octanol–water partition coefficient (Wildman–Crippen LogP) is 2.92. The van der Waals surface area contributed by atoms with Crippen molar-refractivity contribution in [2.24, 2.45) is 11.1 Å². The lowest BCUT2D eigenvalue weighted by Crippen LogP contribution is -2.06. The molecule has 2 heteroatoms. The van der Waals surface area contributed by atoms with Crippen molar-refractivity contribution >= 4 is 0 Å². The fraction of sp³-hybridized carbons (Fsp3) is 0.500. The molecule has 0 spiro atoms. The molecule has 0 aliphatic rings. The van der Waals surface area contributed by atoms with Gasteiger partial charge in [-0.15, -0.1) is 0 Å². The molecule has 0 unspecified atom stereocenters. The number of rotatable bonds is 4. The zero-order chi connectivity index (χ0) is 13.6. The molecule has 1 rings (SSSR count). The van der Waals surface area contributed by atoms with Gasteiger partial charge in [0.15, 0.2) is 0 Å². The van der Waals surface area contributed by atoms with Crippen molar-refractivity contribution in [3.05, 3.63) is 29.3 Å². The minimum atomic E-state index is 0.0245. The van der Waals surface area contributed by atoms with Gasteiger partial charge in [-0.05, 0) is 52.3 Å². The third-order valence-electron chi connectivity index (χ3n) is 2.39. The molecule has 0 heterocycles. The molecule has 0 aliphatic heterocycles. The molecule has 0 atom stereocenters. The smallest absolute Gasteiger partial charge is 0.149 e. The topological polar surface area (TPSA) is 35.2 Å². The molecule has 1 aromatic carbocycles. The van der Waals surface area contributed by atoms with Crippen LogP contribution in [0.25, 0.3) is 0 Å². The first-order valence-electron chi connectivity index (χ1n) is 6.35. The van der Waals surface area contributed by atoms with Crippen LogP contribution in [-0.4, -0.2) is 13.2 Å². The summed E-state index contributed by atoms with van der Waals surface area (Å²) < 4.78 is 5.71. The number of hydrogen-bond donors (Lipinski definition) is 1. The van der Waals surface area contributed by atoms with Gasteiger partial charge in [-0.1, -0.05) is 29.5 Å². The Bertz CT molecular complexity index is 446. The van der Waals surface area contributed by atoms with Gasteiger partial charge in [0.1, 0.15) is 12.4 Å². The average molecular weight is 245 g/mol. The molecule has 0 fully saturated rings. The van der Waals surface area contributed by atoms with E-state index >= 15 is 0 Å². The van der Waals surface area contributed by atoms with Gasteiger partial charge < -0.3 is 10.5 Å². The van der Waals surface area contributed by atoms with Gasteiger partial charge in [-0.2, -0.15) is 0 Å². The number of nitrogens with two attached hydrogens (primary N) is 1. The molecule has 0 saturated heterocycles. The number of ether oxygens (including phenoxy) is 1. The van der Waals surface area contributed by atoms with Crippen molar-refractivity contribution in [3.8, 4) is 17.6 Å². The Labute approximate surface area is 111 Å². The Morgan fingerprint density at radius 1 is 1.28 bits per heavy atom. The maximum Gasteiger partial charge on any atom is 0.149 e. The van der Waals surface area contributed by atoms with Crippen LogP contribution in [0.15, 0.2) is 18.2 Å². The van der Waals surface area contributed by atoms with E-state index in [9.17, 15) is 0 Å².